The van der Waals surface area contributed by atoms with E-state index in [-0.39, 0.29) is 6.17 Å². The van der Waals surface area contributed by atoms with Crippen molar-refractivity contribution < 1.29 is 0 Å². The maximum absolute atomic E-state index is 5.88. The minimum Gasteiger partial charge on any atom is -0.368 e. The molecule has 0 unspecified atom stereocenters. The first-order valence-corrected chi connectivity index (χ1v) is 7.17. The van der Waals surface area contributed by atoms with Crippen molar-refractivity contribution in [1.82, 2.24) is 0 Å². The van der Waals surface area contributed by atoms with E-state index in [0.717, 1.165) is 16.4 Å². The van der Waals surface area contributed by atoms with Crippen LogP contribution >= 0.6 is 11.8 Å². The Balaban J connectivity index is 1.86. The van der Waals surface area contributed by atoms with Gasteiger partial charge in [0.2, 0.25) is 5.96 Å². The van der Waals surface area contributed by atoms with Gasteiger partial charge < -0.3 is 5.73 Å². The predicted molar refractivity (Wildman–Crippen MR) is 83.0 cm³/mol. The van der Waals surface area contributed by atoms with Gasteiger partial charge in [-0.25, -0.2) is 4.99 Å². The molecule has 0 amide bonds. The summed E-state index contributed by atoms with van der Waals surface area (Å²) in [7, 11) is 0. The first-order chi connectivity index (χ1) is 9.83. The number of thioether (sulfide) groups is 1. The number of hydrogen-bond acceptors (Lipinski definition) is 5. The topological polar surface area (TPSA) is 54.0 Å². The standard InChI is InChI=1S/C15H12N4S/c16-14-17-13(10-6-2-1-3-7-10)19-11-8-4-5-9-12(11)20-15(19)18-14/h1-9,13H,(H2,16,17)/t13-/m1/s1. The second-order valence-electron chi connectivity index (χ2n) is 4.61. The van der Waals surface area contributed by atoms with Crippen molar-refractivity contribution in [3.8, 4) is 0 Å². The van der Waals surface area contributed by atoms with Crippen LogP contribution in [0, 0.1) is 0 Å². The molecule has 4 nitrogen and oxygen atoms in total. The second kappa shape index (κ2) is 4.38. The van der Waals surface area contributed by atoms with Crippen molar-refractivity contribution >= 4 is 28.6 Å². The van der Waals surface area contributed by atoms with Crippen molar-refractivity contribution in [2.75, 3.05) is 4.90 Å². The van der Waals surface area contributed by atoms with Gasteiger partial charge >= 0.3 is 0 Å². The second-order valence-corrected chi connectivity index (χ2v) is 5.61. The molecule has 20 heavy (non-hydrogen) atoms. The molecule has 0 fully saturated rings. The van der Waals surface area contributed by atoms with Gasteiger partial charge in [-0.15, -0.1) is 0 Å². The van der Waals surface area contributed by atoms with Gasteiger partial charge in [-0.3, -0.25) is 4.90 Å². The SMILES string of the molecule is NC1=N[C@@H](c2ccccc2)N2C(=N1)Sc1ccccc12. The fourth-order valence-corrected chi connectivity index (χ4v) is 3.51. The summed E-state index contributed by atoms with van der Waals surface area (Å²) in [5.41, 5.74) is 8.13. The first-order valence-electron chi connectivity index (χ1n) is 6.36. The van der Waals surface area contributed by atoms with E-state index >= 15 is 0 Å². The summed E-state index contributed by atoms with van der Waals surface area (Å²) in [6.07, 6.45) is -0.139. The molecule has 0 aliphatic carbocycles. The van der Waals surface area contributed by atoms with Crippen molar-refractivity contribution in [1.29, 1.82) is 0 Å². The van der Waals surface area contributed by atoms with E-state index in [1.54, 1.807) is 11.8 Å². The predicted octanol–water partition coefficient (Wildman–Crippen LogP) is 2.98. The molecule has 0 radical (unpaired) electrons. The molecule has 5 heteroatoms. The molecule has 2 aromatic rings. The van der Waals surface area contributed by atoms with E-state index < -0.39 is 0 Å². The molecule has 2 aliphatic rings. The van der Waals surface area contributed by atoms with Crippen LogP contribution in [0.2, 0.25) is 0 Å². The smallest absolute Gasteiger partial charge is 0.220 e. The Labute approximate surface area is 121 Å². The van der Waals surface area contributed by atoms with Gasteiger partial charge in [0.05, 0.1) is 5.69 Å². The molecule has 0 bridgehead atoms. The van der Waals surface area contributed by atoms with Crippen molar-refractivity contribution in [2.24, 2.45) is 15.7 Å². The van der Waals surface area contributed by atoms with Crippen molar-refractivity contribution in [3.05, 3.63) is 60.2 Å². The largest absolute Gasteiger partial charge is 0.368 e. The summed E-state index contributed by atoms with van der Waals surface area (Å²) in [5.74, 6) is 0.338. The van der Waals surface area contributed by atoms with Gasteiger partial charge in [0.1, 0.15) is 0 Å². The molecule has 0 aromatic heterocycles. The van der Waals surface area contributed by atoms with Gasteiger partial charge in [-0.2, -0.15) is 4.99 Å². The fourth-order valence-electron chi connectivity index (χ4n) is 2.46. The Morgan fingerprint density at radius 3 is 2.60 bits per heavy atom. The van der Waals surface area contributed by atoms with E-state index in [1.165, 1.54) is 4.90 Å². The Hall–Kier alpha value is -2.27. The van der Waals surface area contributed by atoms with Crippen LogP contribution in [0.1, 0.15) is 11.7 Å². The molecule has 2 aliphatic heterocycles. The molecule has 0 saturated carbocycles. The lowest BCUT2D eigenvalue weighted by Crippen LogP contribution is -2.35. The zero-order chi connectivity index (χ0) is 13.5. The number of nitrogens with two attached hydrogens (primary N) is 1. The third-order valence-corrected chi connectivity index (χ3v) is 4.37. The Morgan fingerprint density at radius 1 is 1.00 bits per heavy atom. The number of rotatable bonds is 1. The summed E-state index contributed by atoms with van der Waals surface area (Å²) < 4.78 is 0. The monoisotopic (exact) mass is 280 g/mol. The number of guanidine groups is 1. The van der Waals surface area contributed by atoms with Crippen molar-refractivity contribution in [3.63, 3.8) is 0 Å². The maximum atomic E-state index is 5.88. The van der Waals surface area contributed by atoms with E-state index in [0.29, 0.717) is 5.96 Å². The van der Waals surface area contributed by atoms with E-state index in [1.807, 2.05) is 30.3 Å². The molecule has 4 rings (SSSR count). The van der Waals surface area contributed by atoms with Crippen LogP contribution in [-0.2, 0) is 0 Å². The molecule has 2 N–H and O–H groups in total. The third kappa shape index (κ3) is 1.71. The van der Waals surface area contributed by atoms with Crippen molar-refractivity contribution in [2.45, 2.75) is 11.1 Å². The number of fused-ring (bicyclic) bond motifs is 3. The molecule has 0 spiro atoms. The zero-order valence-corrected chi connectivity index (χ0v) is 11.4. The lowest BCUT2D eigenvalue weighted by atomic mass is 10.1. The molecule has 98 valence electrons. The third-order valence-electron chi connectivity index (χ3n) is 3.34. The number of aliphatic imine (C=N–C) groups is 2. The molecule has 1 atom stereocenters. The average molecular weight is 280 g/mol. The van der Waals surface area contributed by atoms with Crippen LogP contribution in [0.15, 0.2) is 69.5 Å². The molecule has 2 heterocycles. The highest BCUT2D eigenvalue weighted by atomic mass is 32.2. The number of nitrogens with zero attached hydrogens (tertiary/aromatic N) is 3. The van der Waals surface area contributed by atoms with Crippen LogP contribution < -0.4 is 10.6 Å². The van der Waals surface area contributed by atoms with E-state index in [9.17, 15) is 0 Å². The maximum Gasteiger partial charge on any atom is 0.220 e. The summed E-state index contributed by atoms with van der Waals surface area (Å²) in [5, 5.41) is 0.896. The van der Waals surface area contributed by atoms with Crippen LogP contribution in [0.5, 0.6) is 0 Å². The quantitative estimate of drug-likeness (QED) is 0.873. The highest BCUT2D eigenvalue weighted by molar-refractivity contribution is 8.14. The summed E-state index contributed by atoms with van der Waals surface area (Å²) >= 11 is 1.64. The molecular weight excluding hydrogens is 268 g/mol. The number of anilines is 1. The van der Waals surface area contributed by atoms with Gasteiger partial charge in [0.15, 0.2) is 11.3 Å². The Morgan fingerprint density at radius 2 is 1.75 bits per heavy atom. The summed E-state index contributed by atoms with van der Waals surface area (Å²) in [6, 6.07) is 18.4. The average Bonchev–Trinajstić information content (AvgIpc) is 2.85. The highest BCUT2D eigenvalue weighted by Crippen LogP contribution is 2.46. The van der Waals surface area contributed by atoms with Gasteiger partial charge in [-0.05, 0) is 29.5 Å². The zero-order valence-electron chi connectivity index (χ0n) is 10.6. The number of amidine groups is 1. The van der Waals surface area contributed by atoms with Crippen LogP contribution in [0.25, 0.3) is 0 Å². The van der Waals surface area contributed by atoms with Gasteiger partial charge in [0, 0.05) is 4.90 Å². The highest BCUT2D eigenvalue weighted by Gasteiger charge is 2.35. The van der Waals surface area contributed by atoms with E-state index in [4.69, 9.17) is 5.73 Å². The van der Waals surface area contributed by atoms with Crippen LogP contribution in [-0.4, -0.2) is 11.1 Å². The molecule has 2 aromatic carbocycles. The Kier molecular flexibility index (Phi) is 2.53. The number of benzene rings is 2. The Bertz CT molecular complexity index is 724. The van der Waals surface area contributed by atoms with Crippen LogP contribution in [0.3, 0.4) is 0 Å². The minimum absolute atomic E-state index is 0.139. The molecule has 0 saturated heterocycles. The lowest BCUT2D eigenvalue weighted by Gasteiger charge is -2.29. The van der Waals surface area contributed by atoms with Crippen LogP contribution in [0.4, 0.5) is 5.69 Å². The first kappa shape index (κ1) is 11.5. The van der Waals surface area contributed by atoms with E-state index in [2.05, 4.69) is 39.2 Å². The molecular formula is C15H12N4S. The fraction of sp³-hybridized carbons (Fsp3) is 0.0667. The minimum atomic E-state index is -0.139. The lowest BCUT2D eigenvalue weighted by molar-refractivity contribution is 0.745. The summed E-state index contributed by atoms with van der Waals surface area (Å²) in [4.78, 5) is 12.2. The number of hydrogen-bond donors (Lipinski definition) is 1. The normalized spacial score (nSPS) is 20.0. The van der Waals surface area contributed by atoms with Gasteiger partial charge in [0.25, 0.3) is 0 Å². The summed E-state index contributed by atoms with van der Waals surface area (Å²) in [6.45, 7) is 0. The van der Waals surface area contributed by atoms with Gasteiger partial charge in [-0.1, -0.05) is 42.5 Å². The number of para-hydroxylation sites is 1.